The summed E-state index contributed by atoms with van der Waals surface area (Å²) in [4.78, 5) is 0. The Morgan fingerprint density at radius 2 is 1.41 bits per heavy atom. The van der Waals surface area contributed by atoms with E-state index in [1.807, 2.05) is 0 Å². The zero-order valence-corrected chi connectivity index (χ0v) is 12.9. The Morgan fingerprint density at radius 3 is 1.76 bits per heavy atom. The highest BCUT2D eigenvalue weighted by Crippen LogP contribution is 2.57. The van der Waals surface area contributed by atoms with E-state index in [9.17, 15) is 5.11 Å². The summed E-state index contributed by atoms with van der Waals surface area (Å²) in [6.07, 6.45) is 3.42. The second-order valence-corrected chi connectivity index (χ2v) is 7.28. The van der Waals surface area contributed by atoms with Gasteiger partial charge in [-0.05, 0) is 42.9 Å². The molecule has 102 valence electrons. The molecule has 2 unspecified atom stereocenters. The van der Waals surface area contributed by atoms with Crippen molar-refractivity contribution in [1.29, 1.82) is 0 Å². The predicted molar refractivity (Wildman–Crippen MR) is 74.9 cm³/mol. The van der Waals surface area contributed by atoms with Gasteiger partial charge in [0.2, 0.25) is 0 Å². The molecule has 1 fully saturated rings. The molecule has 1 aliphatic carbocycles. The van der Waals surface area contributed by atoms with Gasteiger partial charge in [-0.1, -0.05) is 48.5 Å². The van der Waals surface area contributed by atoms with Crippen molar-refractivity contribution in [3.63, 3.8) is 0 Å². The lowest BCUT2D eigenvalue weighted by atomic mass is 9.49. The summed E-state index contributed by atoms with van der Waals surface area (Å²) in [5, 5.41) is 11.4. The summed E-state index contributed by atoms with van der Waals surface area (Å²) in [5.74, 6) is 2.09. The molecule has 0 bridgehead atoms. The molecule has 2 atom stereocenters. The molecule has 0 spiro atoms. The van der Waals surface area contributed by atoms with Crippen LogP contribution in [0.5, 0.6) is 0 Å². The molecule has 1 heteroatoms. The van der Waals surface area contributed by atoms with Crippen LogP contribution in [0.2, 0.25) is 0 Å². The Morgan fingerprint density at radius 1 is 0.941 bits per heavy atom. The van der Waals surface area contributed by atoms with Gasteiger partial charge in [0.1, 0.15) is 0 Å². The van der Waals surface area contributed by atoms with Crippen LogP contribution in [0.4, 0.5) is 0 Å². The fourth-order valence-corrected chi connectivity index (χ4v) is 4.54. The first-order valence-corrected chi connectivity index (χ1v) is 7.40. The highest BCUT2D eigenvalue weighted by Gasteiger charge is 2.57. The van der Waals surface area contributed by atoms with E-state index >= 15 is 0 Å². The lowest BCUT2D eigenvalue weighted by molar-refractivity contribution is -0.197. The van der Waals surface area contributed by atoms with Crippen molar-refractivity contribution in [1.82, 2.24) is 0 Å². The second kappa shape index (κ2) is 4.91. The first-order chi connectivity index (χ1) is 7.68. The molecule has 0 aromatic carbocycles. The number of rotatable bonds is 3. The molecule has 0 radical (unpaired) electrons. The fourth-order valence-electron chi connectivity index (χ4n) is 4.54. The maximum atomic E-state index is 11.4. The van der Waals surface area contributed by atoms with Crippen LogP contribution < -0.4 is 0 Å². The Labute approximate surface area is 108 Å². The smallest absolute Gasteiger partial charge is 0.0733 e. The van der Waals surface area contributed by atoms with Crippen LogP contribution >= 0.6 is 0 Å². The standard InChI is InChI=1S/C16H32O/c1-11(2)15(12(3)4)9-8-14(7)10-16(15,17)13(5)6/h11-14,17H,8-10H2,1-7H3. The molecule has 1 rings (SSSR count). The third-order valence-corrected chi connectivity index (χ3v) is 5.53. The molecule has 0 aliphatic heterocycles. The minimum Gasteiger partial charge on any atom is -0.389 e. The van der Waals surface area contributed by atoms with Crippen LogP contribution in [0.1, 0.15) is 67.7 Å². The first-order valence-electron chi connectivity index (χ1n) is 7.40. The van der Waals surface area contributed by atoms with Crippen molar-refractivity contribution in [2.45, 2.75) is 73.3 Å². The van der Waals surface area contributed by atoms with Gasteiger partial charge in [0.05, 0.1) is 5.60 Å². The van der Waals surface area contributed by atoms with Crippen molar-refractivity contribution in [2.75, 3.05) is 0 Å². The van der Waals surface area contributed by atoms with Crippen molar-refractivity contribution >= 4 is 0 Å². The van der Waals surface area contributed by atoms with Crippen LogP contribution in [-0.4, -0.2) is 10.7 Å². The topological polar surface area (TPSA) is 20.2 Å². The van der Waals surface area contributed by atoms with Gasteiger partial charge >= 0.3 is 0 Å². The van der Waals surface area contributed by atoms with E-state index in [1.54, 1.807) is 0 Å². The third-order valence-electron chi connectivity index (χ3n) is 5.53. The van der Waals surface area contributed by atoms with Gasteiger partial charge in [-0.25, -0.2) is 0 Å². The summed E-state index contributed by atoms with van der Waals surface area (Å²) in [5.41, 5.74) is -0.402. The number of aliphatic hydroxyl groups is 1. The Balaban J connectivity index is 3.24. The van der Waals surface area contributed by atoms with E-state index in [2.05, 4.69) is 48.5 Å². The molecule has 0 heterocycles. The third kappa shape index (κ3) is 2.16. The summed E-state index contributed by atoms with van der Waals surface area (Å²) in [7, 11) is 0. The van der Waals surface area contributed by atoms with E-state index < -0.39 is 5.60 Å². The summed E-state index contributed by atoms with van der Waals surface area (Å²) < 4.78 is 0. The van der Waals surface area contributed by atoms with Crippen LogP contribution in [0.15, 0.2) is 0 Å². The molecule has 1 N–H and O–H groups in total. The average Bonchev–Trinajstić information content (AvgIpc) is 2.16. The van der Waals surface area contributed by atoms with Crippen LogP contribution in [0.25, 0.3) is 0 Å². The zero-order chi connectivity index (χ0) is 13.4. The van der Waals surface area contributed by atoms with E-state index in [4.69, 9.17) is 0 Å². The molecular weight excluding hydrogens is 208 g/mol. The molecule has 0 amide bonds. The molecule has 0 aromatic heterocycles. The molecule has 17 heavy (non-hydrogen) atoms. The molecule has 0 aromatic rings. The van der Waals surface area contributed by atoms with Crippen molar-refractivity contribution in [3.8, 4) is 0 Å². The zero-order valence-electron chi connectivity index (χ0n) is 12.9. The highest BCUT2D eigenvalue weighted by atomic mass is 16.3. The lowest BCUT2D eigenvalue weighted by Crippen LogP contribution is -2.60. The van der Waals surface area contributed by atoms with Gasteiger partial charge < -0.3 is 5.11 Å². The van der Waals surface area contributed by atoms with E-state index in [1.165, 1.54) is 12.8 Å². The Kier molecular flexibility index (Phi) is 4.34. The SMILES string of the molecule is CC1CCC(C(C)C)(C(C)C)C(O)(C(C)C)C1. The van der Waals surface area contributed by atoms with Gasteiger partial charge in [0.25, 0.3) is 0 Å². The molecular formula is C16H32O. The predicted octanol–water partition coefficient (Wildman–Crippen LogP) is 4.49. The monoisotopic (exact) mass is 240 g/mol. The number of hydrogen-bond acceptors (Lipinski definition) is 1. The minimum absolute atomic E-state index is 0.0909. The molecule has 1 saturated carbocycles. The molecule has 1 aliphatic rings. The van der Waals surface area contributed by atoms with Gasteiger partial charge in [-0.3, -0.25) is 0 Å². The van der Waals surface area contributed by atoms with E-state index in [0.717, 1.165) is 6.42 Å². The van der Waals surface area contributed by atoms with Crippen molar-refractivity contribution in [2.24, 2.45) is 29.1 Å². The fraction of sp³-hybridized carbons (Fsp3) is 1.00. The van der Waals surface area contributed by atoms with Gasteiger partial charge in [0.15, 0.2) is 0 Å². The van der Waals surface area contributed by atoms with Crippen LogP contribution in [0, 0.1) is 29.1 Å². The molecule has 1 nitrogen and oxygen atoms in total. The summed E-state index contributed by atoms with van der Waals surface area (Å²) in [6, 6.07) is 0. The van der Waals surface area contributed by atoms with Crippen molar-refractivity contribution < 1.29 is 5.11 Å². The normalized spacial score (nSPS) is 33.7. The maximum Gasteiger partial charge on any atom is 0.0733 e. The average molecular weight is 240 g/mol. The second-order valence-electron chi connectivity index (χ2n) is 7.28. The Bertz CT molecular complexity index is 246. The first kappa shape index (κ1) is 15.0. The molecule has 0 saturated heterocycles. The Hall–Kier alpha value is -0.0400. The quantitative estimate of drug-likeness (QED) is 0.770. The van der Waals surface area contributed by atoms with E-state index in [0.29, 0.717) is 23.7 Å². The highest BCUT2D eigenvalue weighted by molar-refractivity contribution is 5.07. The minimum atomic E-state index is -0.493. The van der Waals surface area contributed by atoms with Crippen LogP contribution in [-0.2, 0) is 0 Å². The van der Waals surface area contributed by atoms with E-state index in [-0.39, 0.29) is 5.41 Å². The largest absolute Gasteiger partial charge is 0.389 e. The maximum absolute atomic E-state index is 11.4. The van der Waals surface area contributed by atoms with Gasteiger partial charge in [-0.2, -0.15) is 0 Å². The summed E-state index contributed by atoms with van der Waals surface area (Å²) in [6.45, 7) is 15.9. The van der Waals surface area contributed by atoms with Gasteiger partial charge in [0, 0.05) is 5.41 Å². The lowest BCUT2D eigenvalue weighted by Gasteiger charge is -2.59. The van der Waals surface area contributed by atoms with Crippen LogP contribution in [0.3, 0.4) is 0 Å². The van der Waals surface area contributed by atoms with Gasteiger partial charge in [-0.15, -0.1) is 0 Å². The van der Waals surface area contributed by atoms with Crippen molar-refractivity contribution in [3.05, 3.63) is 0 Å². The number of hydrogen-bond donors (Lipinski definition) is 1. The summed E-state index contributed by atoms with van der Waals surface area (Å²) >= 11 is 0.